The van der Waals surface area contributed by atoms with Crippen molar-refractivity contribution in [3.63, 3.8) is 0 Å². The van der Waals surface area contributed by atoms with Crippen molar-refractivity contribution in [3.8, 4) is 0 Å². The summed E-state index contributed by atoms with van der Waals surface area (Å²) in [7, 11) is 0. The van der Waals surface area contributed by atoms with Crippen molar-refractivity contribution in [1.82, 2.24) is 0 Å². The Hall–Kier alpha value is -1.09. The molecule has 3 nitrogen and oxygen atoms in total. The highest BCUT2D eigenvalue weighted by Gasteiger charge is 2.21. The molecule has 0 bridgehead atoms. The summed E-state index contributed by atoms with van der Waals surface area (Å²) in [5.41, 5.74) is 0. The average molecular weight is 154 g/mol. The van der Waals surface area contributed by atoms with E-state index in [0.717, 1.165) is 0 Å². The van der Waals surface area contributed by atoms with Gasteiger partial charge in [-0.05, 0) is 0 Å². The van der Waals surface area contributed by atoms with E-state index in [-0.39, 0.29) is 6.10 Å². The van der Waals surface area contributed by atoms with Gasteiger partial charge in [0.25, 0.3) is 0 Å². The molecular weight excluding hydrogens is 144 g/mol. The molecular formula is C8H10O3. The first-order valence-corrected chi connectivity index (χ1v) is 3.41. The zero-order chi connectivity index (χ0) is 8.27. The van der Waals surface area contributed by atoms with E-state index in [2.05, 4.69) is 6.58 Å². The van der Waals surface area contributed by atoms with Gasteiger partial charge in [-0.25, -0.2) is 4.79 Å². The van der Waals surface area contributed by atoms with Crippen LogP contribution in [0.2, 0.25) is 0 Å². The highest BCUT2D eigenvalue weighted by atomic mass is 16.5. The van der Waals surface area contributed by atoms with Gasteiger partial charge in [0, 0.05) is 6.42 Å². The quantitative estimate of drug-likeness (QED) is 0.603. The highest BCUT2D eigenvalue weighted by molar-refractivity contribution is 5.72. The molecule has 0 amide bonds. The van der Waals surface area contributed by atoms with Crippen molar-refractivity contribution in [2.75, 3.05) is 0 Å². The maximum atomic E-state index is 10.4. The second kappa shape index (κ2) is 3.34. The van der Waals surface area contributed by atoms with Crippen LogP contribution in [-0.4, -0.2) is 23.3 Å². The topological polar surface area (TPSA) is 46.5 Å². The van der Waals surface area contributed by atoms with Crippen LogP contribution >= 0.6 is 0 Å². The van der Waals surface area contributed by atoms with Crippen LogP contribution in [0.4, 0.5) is 0 Å². The molecule has 1 aliphatic rings. The summed E-state index contributed by atoms with van der Waals surface area (Å²) in [6.07, 6.45) is 4.67. The molecule has 0 aliphatic carbocycles. The van der Waals surface area contributed by atoms with Gasteiger partial charge in [-0.15, -0.1) is 6.58 Å². The van der Waals surface area contributed by atoms with Gasteiger partial charge in [0.1, 0.15) is 0 Å². The lowest BCUT2D eigenvalue weighted by atomic mass is 10.1. The fourth-order valence-corrected chi connectivity index (χ4v) is 0.920. The van der Waals surface area contributed by atoms with Crippen LogP contribution in [0.1, 0.15) is 6.42 Å². The van der Waals surface area contributed by atoms with Gasteiger partial charge in [-0.2, -0.15) is 0 Å². The molecule has 0 fully saturated rings. The Morgan fingerprint density at radius 2 is 2.55 bits per heavy atom. The molecule has 2 atom stereocenters. The van der Waals surface area contributed by atoms with E-state index < -0.39 is 12.1 Å². The van der Waals surface area contributed by atoms with Crippen LogP contribution in [0, 0.1) is 0 Å². The van der Waals surface area contributed by atoms with Crippen molar-refractivity contribution in [1.29, 1.82) is 0 Å². The summed E-state index contributed by atoms with van der Waals surface area (Å²) in [6.45, 7) is 3.51. The second-order valence-electron chi connectivity index (χ2n) is 2.33. The third-order valence-corrected chi connectivity index (χ3v) is 1.51. The van der Waals surface area contributed by atoms with Crippen LogP contribution in [0.25, 0.3) is 0 Å². The smallest absolute Gasteiger partial charge is 0.333 e. The molecule has 0 aromatic rings. The molecule has 0 radical (unpaired) electrons. The SMILES string of the molecule is C=C[C@@H]1C=CC[C@H](C(=O)O)O1. The van der Waals surface area contributed by atoms with E-state index >= 15 is 0 Å². The van der Waals surface area contributed by atoms with Crippen molar-refractivity contribution in [2.24, 2.45) is 0 Å². The van der Waals surface area contributed by atoms with Gasteiger partial charge in [0.15, 0.2) is 6.10 Å². The molecule has 0 saturated carbocycles. The van der Waals surface area contributed by atoms with E-state index in [9.17, 15) is 4.79 Å². The zero-order valence-corrected chi connectivity index (χ0v) is 6.06. The summed E-state index contributed by atoms with van der Waals surface area (Å²) < 4.78 is 5.09. The van der Waals surface area contributed by atoms with Gasteiger partial charge in [-0.1, -0.05) is 18.2 Å². The Balaban J connectivity index is 2.57. The molecule has 0 spiro atoms. The van der Waals surface area contributed by atoms with Crippen molar-refractivity contribution < 1.29 is 14.6 Å². The largest absolute Gasteiger partial charge is 0.479 e. The molecule has 60 valence electrons. The Morgan fingerprint density at radius 1 is 1.82 bits per heavy atom. The molecule has 1 rings (SSSR count). The molecule has 3 heteroatoms. The number of hydrogen-bond donors (Lipinski definition) is 1. The fourth-order valence-electron chi connectivity index (χ4n) is 0.920. The first-order chi connectivity index (χ1) is 5.24. The predicted octanol–water partition coefficient (Wildman–Crippen LogP) is 0.971. The number of hydrogen-bond acceptors (Lipinski definition) is 2. The third kappa shape index (κ3) is 1.91. The average Bonchev–Trinajstić information content (AvgIpc) is 2.05. The number of ether oxygens (including phenoxy) is 1. The van der Waals surface area contributed by atoms with Crippen molar-refractivity contribution in [3.05, 3.63) is 24.8 Å². The maximum Gasteiger partial charge on any atom is 0.333 e. The predicted molar refractivity (Wildman–Crippen MR) is 40.3 cm³/mol. The first-order valence-electron chi connectivity index (χ1n) is 3.41. The van der Waals surface area contributed by atoms with E-state index in [4.69, 9.17) is 9.84 Å². The van der Waals surface area contributed by atoms with E-state index in [1.807, 2.05) is 0 Å². The van der Waals surface area contributed by atoms with Crippen LogP contribution in [0.15, 0.2) is 24.8 Å². The normalized spacial score (nSPS) is 29.8. The summed E-state index contributed by atoms with van der Waals surface area (Å²) in [5, 5.41) is 8.56. The van der Waals surface area contributed by atoms with Crippen molar-refractivity contribution in [2.45, 2.75) is 18.6 Å². The Kier molecular flexibility index (Phi) is 2.44. The zero-order valence-electron chi connectivity index (χ0n) is 6.06. The summed E-state index contributed by atoms with van der Waals surface area (Å²) in [4.78, 5) is 10.4. The molecule has 0 aromatic carbocycles. The maximum absolute atomic E-state index is 10.4. The lowest BCUT2D eigenvalue weighted by Crippen LogP contribution is -2.29. The molecule has 1 heterocycles. The summed E-state index contributed by atoms with van der Waals surface area (Å²) in [6, 6.07) is 0. The molecule has 1 N–H and O–H groups in total. The third-order valence-electron chi connectivity index (χ3n) is 1.51. The number of carboxylic acids is 1. The van der Waals surface area contributed by atoms with Crippen LogP contribution in [0.3, 0.4) is 0 Å². The summed E-state index contributed by atoms with van der Waals surface area (Å²) >= 11 is 0. The van der Waals surface area contributed by atoms with Crippen molar-refractivity contribution >= 4 is 5.97 Å². The Labute approximate surface area is 65.0 Å². The monoisotopic (exact) mass is 154 g/mol. The highest BCUT2D eigenvalue weighted by Crippen LogP contribution is 2.12. The molecule has 0 unspecified atom stereocenters. The van der Waals surface area contributed by atoms with Crippen LogP contribution in [0.5, 0.6) is 0 Å². The molecule has 0 saturated heterocycles. The fraction of sp³-hybridized carbons (Fsp3) is 0.375. The van der Waals surface area contributed by atoms with Gasteiger partial charge in [-0.3, -0.25) is 0 Å². The van der Waals surface area contributed by atoms with E-state index in [1.54, 1.807) is 18.2 Å². The van der Waals surface area contributed by atoms with Crippen LogP contribution < -0.4 is 0 Å². The lowest BCUT2D eigenvalue weighted by molar-refractivity contribution is -0.151. The van der Waals surface area contributed by atoms with Gasteiger partial charge in [0.2, 0.25) is 0 Å². The molecule has 1 aliphatic heterocycles. The number of carbonyl (C=O) groups is 1. The Morgan fingerprint density at radius 3 is 3.09 bits per heavy atom. The lowest BCUT2D eigenvalue weighted by Gasteiger charge is -2.20. The van der Waals surface area contributed by atoms with Gasteiger partial charge in [0.05, 0.1) is 6.10 Å². The standard InChI is InChI=1S/C8H10O3/c1-2-6-4-3-5-7(11-6)8(9)10/h2-4,6-7H,1,5H2,(H,9,10)/t6-,7-/m1/s1. The number of carboxylic acid groups (broad SMARTS) is 1. The minimum absolute atomic E-state index is 0.246. The Bertz CT molecular complexity index is 196. The molecule has 0 aromatic heterocycles. The second-order valence-corrected chi connectivity index (χ2v) is 2.33. The minimum Gasteiger partial charge on any atom is -0.479 e. The van der Waals surface area contributed by atoms with Gasteiger partial charge >= 0.3 is 5.97 Å². The minimum atomic E-state index is -0.916. The first kappa shape index (κ1) is 8.01. The summed E-state index contributed by atoms with van der Waals surface area (Å²) in [5.74, 6) is -0.916. The van der Waals surface area contributed by atoms with E-state index in [1.165, 1.54) is 0 Å². The number of rotatable bonds is 2. The number of aliphatic carboxylic acids is 1. The van der Waals surface area contributed by atoms with E-state index in [0.29, 0.717) is 6.42 Å². The van der Waals surface area contributed by atoms with Gasteiger partial charge < -0.3 is 9.84 Å². The van der Waals surface area contributed by atoms with Crippen LogP contribution in [-0.2, 0) is 9.53 Å². The molecule has 11 heavy (non-hydrogen) atoms.